The molecule has 0 radical (unpaired) electrons. The second-order valence-corrected chi connectivity index (χ2v) is 7.84. The van der Waals surface area contributed by atoms with Crippen LogP contribution in [0.4, 0.5) is 5.69 Å². The molecule has 0 fully saturated rings. The zero-order valence-electron chi connectivity index (χ0n) is 15.6. The van der Waals surface area contributed by atoms with Gasteiger partial charge in [0.25, 0.3) is 5.56 Å². The Balaban J connectivity index is 1.63. The third-order valence-electron chi connectivity index (χ3n) is 4.17. The van der Waals surface area contributed by atoms with Crippen LogP contribution in [0.2, 0.25) is 5.02 Å². The largest absolute Gasteiger partial charge is 0.325 e. The standard InChI is InChI=1S/C21H20ClN3O2S/c1-13-3-9-17(10-4-13)24-19(26)12-28-21-23-14(2)18(20(27)25-21)11-15-5-7-16(22)8-6-15/h3-10H,11-12H2,1-2H3,(H,24,26)(H,23,25,27). The third-order valence-corrected chi connectivity index (χ3v) is 5.30. The number of nitrogens with one attached hydrogen (secondary N) is 2. The van der Waals surface area contributed by atoms with Gasteiger partial charge in [-0.3, -0.25) is 9.59 Å². The minimum atomic E-state index is -0.191. The molecule has 2 N–H and O–H groups in total. The van der Waals surface area contributed by atoms with Crippen molar-refractivity contribution in [3.8, 4) is 0 Å². The van der Waals surface area contributed by atoms with E-state index in [1.54, 1.807) is 19.1 Å². The molecule has 1 aromatic heterocycles. The summed E-state index contributed by atoms with van der Waals surface area (Å²) >= 11 is 7.10. The monoisotopic (exact) mass is 413 g/mol. The predicted molar refractivity (Wildman–Crippen MR) is 114 cm³/mol. The Kier molecular flexibility index (Phi) is 6.54. The van der Waals surface area contributed by atoms with Crippen molar-refractivity contribution in [3.05, 3.63) is 86.3 Å². The van der Waals surface area contributed by atoms with Gasteiger partial charge in [-0.1, -0.05) is 53.2 Å². The summed E-state index contributed by atoms with van der Waals surface area (Å²) in [4.78, 5) is 31.8. The van der Waals surface area contributed by atoms with E-state index in [-0.39, 0.29) is 17.2 Å². The minimum absolute atomic E-state index is 0.153. The van der Waals surface area contributed by atoms with Gasteiger partial charge in [0.05, 0.1) is 5.75 Å². The van der Waals surface area contributed by atoms with Crippen molar-refractivity contribution >= 4 is 35.0 Å². The van der Waals surface area contributed by atoms with Crippen LogP contribution in [0.25, 0.3) is 0 Å². The van der Waals surface area contributed by atoms with Gasteiger partial charge in [0, 0.05) is 28.4 Å². The first kappa shape index (κ1) is 20.2. The van der Waals surface area contributed by atoms with Crippen LogP contribution in [0.1, 0.15) is 22.4 Å². The zero-order chi connectivity index (χ0) is 20.1. The van der Waals surface area contributed by atoms with Crippen molar-refractivity contribution in [1.29, 1.82) is 0 Å². The van der Waals surface area contributed by atoms with Crippen LogP contribution in [0.3, 0.4) is 0 Å². The molecule has 0 aliphatic rings. The molecular weight excluding hydrogens is 394 g/mol. The molecule has 3 rings (SSSR count). The molecule has 1 heterocycles. The zero-order valence-corrected chi connectivity index (χ0v) is 17.2. The smallest absolute Gasteiger partial charge is 0.255 e. The van der Waals surface area contributed by atoms with Gasteiger partial charge in [0.15, 0.2) is 5.16 Å². The Bertz CT molecular complexity index is 1030. The van der Waals surface area contributed by atoms with Gasteiger partial charge in [-0.25, -0.2) is 4.98 Å². The molecule has 0 aliphatic carbocycles. The van der Waals surface area contributed by atoms with Gasteiger partial charge < -0.3 is 10.3 Å². The summed E-state index contributed by atoms with van der Waals surface area (Å²) < 4.78 is 0. The Hall–Kier alpha value is -2.57. The molecule has 144 valence electrons. The summed E-state index contributed by atoms with van der Waals surface area (Å²) in [5.41, 5.74) is 3.92. The van der Waals surface area contributed by atoms with Crippen molar-refractivity contribution in [3.63, 3.8) is 0 Å². The van der Waals surface area contributed by atoms with E-state index >= 15 is 0 Å². The first-order valence-corrected chi connectivity index (χ1v) is 10.1. The van der Waals surface area contributed by atoms with Gasteiger partial charge in [-0.15, -0.1) is 0 Å². The Labute approximate surface area is 172 Å². The lowest BCUT2D eigenvalue weighted by Gasteiger charge is -2.08. The molecule has 0 spiro atoms. The Morgan fingerprint density at radius 2 is 1.79 bits per heavy atom. The maximum absolute atomic E-state index is 12.5. The third kappa shape index (κ3) is 5.47. The highest BCUT2D eigenvalue weighted by Crippen LogP contribution is 2.17. The molecule has 0 unspecified atom stereocenters. The highest BCUT2D eigenvalue weighted by molar-refractivity contribution is 7.99. The number of H-pyrrole nitrogens is 1. The van der Waals surface area contributed by atoms with Crippen LogP contribution in [0.5, 0.6) is 0 Å². The number of halogens is 1. The van der Waals surface area contributed by atoms with E-state index in [0.29, 0.717) is 27.9 Å². The highest BCUT2D eigenvalue weighted by atomic mass is 35.5. The van der Waals surface area contributed by atoms with E-state index in [0.717, 1.165) is 16.8 Å². The first-order chi connectivity index (χ1) is 13.4. The second-order valence-electron chi connectivity index (χ2n) is 6.44. The van der Waals surface area contributed by atoms with Gasteiger partial charge in [0.2, 0.25) is 5.91 Å². The number of carbonyl (C=O) groups is 1. The SMILES string of the molecule is Cc1ccc(NC(=O)CSc2nc(C)c(Cc3ccc(Cl)cc3)c(=O)[nH]2)cc1. The molecule has 5 nitrogen and oxygen atoms in total. The van der Waals surface area contributed by atoms with Gasteiger partial charge in [0.1, 0.15) is 0 Å². The van der Waals surface area contributed by atoms with Crippen molar-refractivity contribution in [2.24, 2.45) is 0 Å². The number of rotatable bonds is 6. The summed E-state index contributed by atoms with van der Waals surface area (Å²) in [7, 11) is 0. The van der Waals surface area contributed by atoms with E-state index in [9.17, 15) is 9.59 Å². The molecular formula is C21H20ClN3O2S. The summed E-state index contributed by atoms with van der Waals surface area (Å²) in [6.07, 6.45) is 0.476. The summed E-state index contributed by atoms with van der Waals surface area (Å²) in [5.74, 6) is 0.00617. The number of thioether (sulfide) groups is 1. The van der Waals surface area contributed by atoms with E-state index in [2.05, 4.69) is 15.3 Å². The lowest BCUT2D eigenvalue weighted by Crippen LogP contribution is -2.19. The number of aromatic amines is 1. The number of aryl methyl sites for hydroxylation is 2. The first-order valence-electron chi connectivity index (χ1n) is 8.74. The number of benzene rings is 2. The van der Waals surface area contributed by atoms with Crippen molar-refractivity contribution < 1.29 is 4.79 Å². The molecule has 2 aromatic carbocycles. The molecule has 0 atom stereocenters. The van der Waals surface area contributed by atoms with Crippen molar-refractivity contribution in [1.82, 2.24) is 9.97 Å². The van der Waals surface area contributed by atoms with Crippen molar-refractivity contribution in [2.45, 2.75) is 25.4 Å². The minimum Gasteiger partial charge on any atom is -0.325 e. The van der Waals surface area contributed by atoms with Crippen LogP contribution in [0, 0.1) is 13.8 Å². The van der Waals surface area contributed by atoms with Crippen LogP contribution in [0.15, 0.2) is 58.5 Å². The Morgan fingerprint density at radius 1 is 1.11 bits per heavy atom. The fraction of sp³-hybridized carbons (Fsp3) is 0.190. The van der Waals surface area contributed by atoms with Gasteiger partial charge >= 0.3 is 0 Å². The lowest BCUT2D eigenvalue weighted by atomic mass is 10.1. The summed E-state index contributed by atoms with van der Waals surface area (Å²) in [5, 5.41) is 3.91. The molecule has 0 saturated carbocycles. The van der Waals surface area contributed by atoms with E-state index in [1.165, 1.54) is 11.8 Å². The van der Waals surface area contributed by atoms with Crippen LogP contribution in [-0.4, -0.2) is 21.6 Å². The summed E-state index contributed by atoms with van der Waals surface area (Å²) in [6, 6.07) is 14.9. The molecule has 0 saturated heterocycles. The molecule has 0 bridgehead atoms. The van der Waals surface area contributed by atoms with Gasteiger partial charge in [-0.05, 0) is 43.7 Å². The number of aromatic nitrogens is 2. The average Bonchev–Trinajstić information content (AvgIpc) is 2.66. The average molecular weight is 414 g/mol. The topological polar surface area (TPSA) is 74.8 Å². The second kappa shape index (κ2) is 9.08. The maximum atomic E-state index is 12.5. The number of nitrogens with zero attached hydrogens (tertiary/aromatic N) is 1. The number of amides is 1. The van der Waals surface area contributed by atoms with E-state index in [4.69, 9.17) is 11.6 Å². The normalized spacial score (nSPS) is 10.7. The van der Waals surface area contributed by atoms with Crippen LogP contribution < -0.4 is 10.9 Å². The van der Waals surface area contributed by atoms with Crippen molar-refractivity contribution in [2.75, 3.05) is 11.1 Å². The molecule has 0 aliphatic heterocycles. The molecule has 7 heteroatoms. The molecule has 1 amide bonds. The van der Waals surface area contributed by atoms with Gasteiger partial charge in [-0.2, -0.15) is 0 Å². The lowest BCUT2D eigenvalue weighted by molar-refractivity contribution is -0.113. The fourth-order valence-electron chi connectivity index (χ4n) is 2.64. The number of hydrogen-bond donors (Lipinski definition) is 2. The summed E-state index contributed by atoms with van der Waals surface area (Å²) in [6.45, 7) is 3.79. The van der Waals surface area contributed by atoms with E-state index < -0.39 is 0 Å². The Morgan fingerprint density at radius 3 is 2.43 bits per heavy atom. The number of hydrogen-bond acceptors (Lipinski definition) is 4. The van der Waals surface area contributed by atoms with Crippen LogP contribution >= 0.6 is 23.4 Å². The number of anilines is 1. The quantitative estimate of drug-likeness (QED) is 0.465. The van der Waals surface area contributed by atoms with E-state index in [1.807, 2.05) is 43.3 Å². The number of carbonyl (C=O) groups excluding carboxylic acids is 1. The predicted octanol–water partition coefficient (Wildman–Crippen LogP) is 4.36. The maximum Gasteiger partial charge on any atom is 0.255 e. The highest BCUT2D eigenvalue weighted by Gasteiger charge is 2.11. The van der Waals surface area contributed by atoms with Crippen LogP contribution in [-0.2, 0) is 11.2 Å². The molecule has 28 heavy (non-hydrogen) atoms. The fourth-order valence-corrected chi connectivity index (χ4v) is 3.47. The molecule has 3 aromatic rings.